The topological polar surface area (TPSA) is 76.5 Å². The van der Waals surface area contributed by atoms with E-state index >= 15 is 0 Å². The number of hydrogen-bond donors (Lipinski definition) is 1. The normalized spacial score (nSPS) is 20.3. The average molecular weight is 344 g/mol. The van der Waals surface area contributed by atoms with Gasteiger partial charge >= 0.3 is 6.09 Å². The minimum absolute atomic E-state index is 0.0315. The van der Waals surface area contributed by atoms with Gasteiger partial charge in [0.25, 0.3) is 5.91 Å². The molecule has 0 saturated carbocycles. The van der Waals surface area contributed by atoms with Gasteiger partial charge < -0.3 is 19.5 Å². The van der Waals surface area contributed by atoms with E-state index < -0.39 is 5.60 Å². The van der Waals surface area contributed by atoms with E-state index in [-0.39, 0.29) is 24.1 Å². The lowest BCUT2D eigenvalue weighted by molar-refractivity contribution is -0.0205. The molecule has 0 aromatic carbocycles. The zero-order valence-electron chi connectivity index (χ0n) is 15.2. The minimum atomic E-state index is -0.498. The lowest BCUT2D eigenvalue weighted by Gasteiger charge is -2.47. The lowest BCUT2D eigenvalue weighted by Crippen LogP contribution is -2.58. The third-order valence-corrected chi connectivity index (χ3v) is 4.45. The highest BCUT2D eigenvalue weighted by molar-refractivity contribution is 5.94. The molecule has 2 aromatic heterocycles. The maximum Gasteiger partial charge on any atom is 0.410 e. The van der Waals surface area contributed by atoms with Crippen LogP contribution < -0.4 is 5.32 Å². The Hall–Kier alpha value is -2.57. The number of nitrogens with zero attached hydrogens (tertiary/aromatic N) is 3. The Balaban J connectivity index is 1.78. The number of carbonyl (C=O) groups is 2. The molecule has 7 heteroatoms. The zero-order chi connectivity index (χ0) is 18.4. The van der Waals surface area contributed by atoms with Crippen LogP contribution in [0.5, 0.6) is 0 Å². The third-order valence-electron chi connectivity index (χ3n) is 4.45. The summed E-state index contributed by atoms with van der Waals surface area (Å²) in [5.74, 6) is -0.206. The SMILES string of the molecule is CNC(=O)c1ccc2c(ccn2[C@H]2CN(C(=O)OC(C)(C)C)[C@@H]2C)n1. The van der Waals surface area contributed by atoms with E-state index in [1.807, 2.05) is 46.0 Å². The van der Waals surface area contributed by atoms with Crippen molar-refractivity contribution >= 4 is 23.0 Å². The number of likely N-dealkylation sites (tertiary alicyclic amines) is 1. The number of hydrogen-bond acceptors (Lipinski definition) is 4. The van der Waals surface area contributed by atoms with E-state index in [1.165, 1.54) is 0 Å². The molecule has 2 atom stereocenters. The molecule has 3 rings (SSSR count). The number of fused-ring (bicyclic) bond motifs is 1. The van der Waals surface area contributed by atoms with E-state index in [2.05, 4.69) is 14.9 Å². The number of carbonyl (C=O) groups excluding carboxylic acids is 2. The number of nitrogens with one attached hydrogen (secondary N) is 1. The summed E-state index contributed by atoms with van der Waals surface area (Å²) < 4.78 is 7.55. The molecule has 2 aromatic rings. The molecule has 25 heavy (non-hydrogen) atoms. The van der Waals surface area contributed by atoms with Crippen LogP contribution in [0, 0.1) is 0 Å². The molecule has 1 N–H and O–H groups in total. The molecule has 1 aliphatic rings. The van der Waals surface area contributed by atoms with Crippen LogP contribution >= 0.6 is 0 Å². The van der Waals surface area contributed by atoms with Gasteiger partial charge in [-0.1, -0.05) is 0 Å². The first-order valence-corrected chi connectivity index (χ1v) is 8.40. The summed E-state index contributed by atoms with van der Waals surface area (Å²) in [4.78, 5) is 30.1. The molecule has 134 valence electrons. The number of rotatable bonds is 2. The van der Waals surface area contributed by atoms with Crippen molar-refractivity contribution in [2.75, 3.05) is 13.6 Å². The summed E-state index contributed by atoms with van der Waals surface area (Å²) in [6.45, 7) is 8.19. The molecule has 1 fully saturated rings. The van der Waals surface area contributed by atoms with E-state index in [4.69, 9.17) is 4.74 Å². The van der Waals surface area contributed by atoms with Crippen LogP contribution in [0.1, 0.15) is 44.2 Å². The van der Waals surface area contributed by atoms with Crippen molar-refractivity contribution in [2.24, 2.45) is 0 Å². The highest BCUT2D eigenvalue weighted by atomic mass is 16.6. The molecule has 1 saturated heterocycles. The van der Waals surface area contributed by atoms with Gasteiger partial charge in [-0.05, 0) is 45.9 Å². The molecule has 1 aliphatic heterocycles. The Morgan fingerprint density at radius 1 is 1.28 bits per heavy atom. The third kappa shape index (κ3) is 3.18. The van der Waals surface area contributed by atoms with Crippen LogP contribution in [0.15, 0.2) is 24.4 Å². The van der Waals surface area contributed by atoms with Crippen molar-refractivity contribution in [3.8, 4) is 0 Å². The van der Waals surface area contributed by atoms with Gasteiger partial charge in [0, 0.05) is 19.8 Å². The summed E-state index contributed by atoms with van der Waals surface area (Å²) in [7, 11) is 1.58. The second-order valence-corrected chi connectivity index (χ2v) is 7.34. The van der Waals surface area contributed by atoms with Gasteiger partial charge in [-0.25, -0.2) is 9.78 Å². The molecular formula is C18H24N4O3. The van der Waals surface area contributed by atoms with Gasteiger partial charge in [0.15, 0.2) is 0 Å². The molecule has 0 radical (unpaired) electrons. The predicted molar refractivity (Wildman–Crippen MR) is 94.6 cm³/mol. The van der Waals surface area contributed by atoms with E-state index in [1.54, 1.807) is 18.0 Å². The van der Waals surface area contributed by atoms with E-state index in [9.17, 15) is 9.59 Å². The van der Waals surface area contributed by atoms with Crippen LogP contribution in [0.4, 0.5) is 4.79 Å². The Kier molecular flexibility index (Phi) is 4.18. The Morgan fingerprint density at radius 2 is 2.00 bits per heavy atom. The van der Waals surface area contributed by atoms with Crippen LogP contribution in [0.3, 0.4) is 0 Å². The standard InChI is InChI=1S/C18H24N4O3/c1-11-15(10-22(11)17(24)25-18(2,3)4)21-9-8-12-14(21)7-6-13(20-12)16(23)19-5/h6-9,11,15H,10H2,1-5H3,(H,19,23)/t11-,15+/m1/s1. The van der Waals surface area contributed by atoms with Crippen molar-refractivity contribution in [1.29, 1.82) is 0 Å². The highest BCUT2D eigenvalue weighted by Crippen LogP contribution is 2.33. The fourth-order valence-corrected chi connectivity index (χ4v) is 3.06. The van der Waals surface area contributed by atoms with Gasteiger partial charge in [0.1, 0.15) is 11.3 Å². The lowest BCUT2D eigenvalue weighted by atomic mass is 9.98. The average Bonchev–Trinajstić information content (AvgIpc) is 2.93. The first kappa shape index (κ1) is 17.3. The molecule has 7 nitrogen and oxygen atoms in total. The molecule has 0 aliphatic carbocycles. The zero-order valence-corrected chi connectivity index (χ0v) is 15.2. The summed E-state index contributed by atoms with van der Waals surface area (Å²) in [6.07, 6.45) is 1.67. The number of ether oxygens (including phenoxy) is 1. The van der Waals surface area contributed by atoms with Gasteiger partial charge in [-0.15, -0.1) is 0 Å². The first-order valence-electron chi connectivity index (χ1n) is 8.40. The van der Waals surface area contributed by atoms with Crippen LogP contribution in [0.25, 0.3) is 11.0 Å². The molecule has 0 bridgehead atoms. The van der Waals surface area contributed by atoms with Gasteiger partial charge in [-0.3, -0.25) is 4.79 Å². The van der Waals surface area contributed by atoms with Crippen molar-refractivity contribution in [3.63, 3.8) is 0 Å². The Labute approximate surface area is 147 Å². The van der Waals surface area contributed by atoms with Crippen molar-refractivity contribution < 1.29 is 14.3 Å². The second-order valence-electron chi connectivity index (χ2n) is 7.34. The van der Waals surface area contributed by atoms with Gasteiger partial charge in [0.2, 0.25) is 0 Å². The van der Waals surface area contributed by atoms with Crippen molar-refractivity contribution in [1.82, 2.24) is 19.8 Å². The van der Waals surface area contributed by atoms with Gasteiger partial charge in [0.05, 0.1) is 23.1 Å². The predicted octanol–water partition coefficient (Wildman–Crippen LogP) is 2.58. The first-order chi connectivity index (χ1) is 11.7. The smallest absolute Gasteiger partial charge is 0.410 e. The monoisotopic (exact) mass is 344 g/mol. The second kappa shape index (κ2) is 6.06. The molecule has 0 spiro atoms. The summed E-state index contributed by atoms with van der Waals surface area (Å²) in [5.41, 5.74) is 1.62. The number of amides is 2. The fourth-order valence-electron chi connectivity index (χ4n) is 3.06. The minimum Gasteiger partial charge on any atom is -0.444 e. The van der Waals surface area contributed by atoms with Crippen LogP contribution in [0.2, 0.25) is 0 Å². The Bertz CT molecular complexity index is 821. The fraction of sp³-hybridized carbons (Fsp3) is 0.500. The molecular weight excluding hydrogens is 320 g/mol. The molecule has 2 amide bonds. The highest BCUT2D eigenvalue weighted by Gasteiger charge is 2.42. The molecule has 3 heterocycles. The van der Waals surface area contributed by atoms with Crippen molar-refractivity contribution in [2.45, 2.75) is 45.4 Å². The van der Waals surface area contributed by atoms with Crippen molar-refractivity contribution in [3.05, 3.63) is 30.1 Å². The summed E-state index contributed by atoms with van der Waals surface area (Å²) >= 11 is 0. The number of pyridine rings is 1. The van der Waals surface area contributed by atoms with Gasteiger partial charge in [-0.2, -0.15) is 0 Å². The summed E-state index contributed by atoms with van der Waals surface area (Å²) in [6, 6.07) is 5.70. The quantitative estimate of drug-likeness (QED) is 0.908. The summed E-state index contributed by atoms with van der Waals surface area (Å²) in [5, 5.41) is 2.58. The maximum absolute atomic E-state index is 12.2. The Morgan fingerprint density at radius 3 is 2.60 bits per heavy atom. The van der Waals surface area contributed by atoms with E-state index in [0.717, 1.165) is 11.0 Å². The maximum atomic E-state index is 12.2. The number of aromatic nitrogens is 2. The van der Waals surface area contributed by atoms with Crippen LogP contribution in [-0.2, 0) is 4.74 Å². The largest absolute Gasteiger partial charge is 0.444 e. The van der Waals surface area contributed by atoms with E-state index in [0.29, 0.717) is 12.2 Å². The van der Waals surface area contributed by atoms with Crippen LogP contribution in [-0.4, -0.2) is 51.7 Å². The molecule has 0 unspecified atom stereocenters.